The van der Waals surface area contributed by atoms with E-state index in [0.717, 1.165) is 51.4 Å². The van der Waals surface area contributed by atoms with Crippen molar-refractivity contribution in [3.05, 3.63) is 0 Å². The third-order valence-electron chi connectivity index (χ3n) is 11.2. The van der Waals surface area contributed by atoms with Gasteiger partial charge in [-0.05, 0) is 62.2 Å². The molecule has 4 unspecified atom stereocenters. The summed E-state index contributed by atoms with van der Waals surface area (Å²) in [6, 6.07) is 0. The zero-order valence-electron chi connectivity index (χ0n) is 26.1. The predicted molar refractivity (Wildman–Crippen MR) is 158 cm³/mol. The molecule has 4 atom stereocenters. The summed E-state index contributed by atoms with van der Waals surface area (Å²) in [5.41, 5.74) is 0.233. The Labute approximate surface area is 235 Å². The molecule has 0 radical (unpaired) electrons. The van der Waals surface area contributed by atoms with Gasteiger partial charge in [-0.25, -0.2) is 0 Å². The average molecular weight is 535 g/mol. The van der Waals surface area contributed by atoms with Crippen LogP contribution in [-0.2, 0) is 19.1 Å². The lowest BCUT2D eigenvalue weighted by Crippen LogP contribution is -2.38. The Hall–Kier alpha value is -1.06. The summed E-state index contributed by atoms with van der Waals surface area (Å²) in [6.07, 6.45) is 19.9. The highest BCUT2D eigenvalue weighted by Crippen LogP contribution is 2.47. The fourth-order valence-electron chi connectivity index (χ4n) is 7.29. The smallest absolute Gasteiger partial charge is 0.305 e. The van der Waals surface area contributed by atoms with E-state index in [9.17, 15) is 9.59 Å². The van der Waals surface area contributed by atoms with E-state index in [1.54, 1.807) is 0 Å². The van der Waals surface area contributed by atoms with Crippen molar-refractivity contribution < 1.29 is 19.1 Å². The van der Waals surface area contributed by atoms with Gasteiger partial charge in [0.2, 0.25) is 0 Å². The van der Waals surface area contributed by atoms with Crippen LogP contribution in [0.3, 0.4) is 0 Å². The van der Waals surface area contributed by atoms with Crippen molar-refractivity contribution in [1.82, 2.24) is 0 Å². The highest BCUT2D eigenvalue weighted by molar-refractivity contribution is 5.69. The molecule has 38 heavy (non-hydrogen) atoms. The minimum absolute atomic E-state index is 0.0257. The summed E-state index contributed by atoms with van der Waals surface area (Å²) in [5.74, 6) is 2.49. The molecule has 4 heteroatoms. The summed E-state index contributed by atoms with van der Waals surface area (Å²) in [7, 11) is 0. The van der Waals surface area contributed by atoms with Gasteiger partial charge in [-0.3, -0.25) is 9.59 Å². The number of ether oxygens (including phenoxy) is 2. The minimum Gasteiger partial charge on any atom is -0.465 e. The summed E-state index contributed by atoms with van der Waals surface area (Å²) in [6.45, 7) is 15.0. The van der Waals surface area contributed by atoms with Crippen molar-refractivity contribution in [2.75, 3.05) is 13.2 Å². The van der Waals surface area contributed by atoms with Crippen molar-refractivity contribution in [2.24, 2.45) is 34.5 Å². The van der Waals surface area contributed by atoms with E-state index >= 15 is 0 Å². The van der Waals surface area contributed by atoms with E-state index in [1.807, 2.05) is 0 Å². The van der Waals surface area contributed by atoms with E-state index in [0.29, 0.717) is 49.7 Å². The predicted octanol–water partition coefficient (Wildman–Crippen LogP) is 9.68. The lowest BCUT2D eigenvalue weighted by Gasteiger charge is -2.40. The number of carbonyl (C=O) groups excluding carboxylic acids is 2. The molecule has 0 N–H and O–H groups in total. The largest absolute Gasteiger partial charge is 0.465 e. The number of hydrogen-bond acceptors (Lipinski definition) is 4. The van der Waals surface area contributed by atoms with Crippen molar-refractivity contribution in [2.45, 2.75) is 157 Å². The van der Waals surface area contributed by atoms with Gasteiger partial charge in [-0.15, -0.1) is 0 Å². The summed E-state index contributed by atoms with van der Waals surface area (Å²) < 4.78 is 11.6. The molecule has 0 aromatic carbocycles. The SMILES string of the molecule is CCC(C)C(C)(COC(=O)CCCCCCCCC(=O)OCC(C)(C(C)CC)C1CCCC1)C1CCCC1. The van der Waals surface area contributed by atoms with E-state index < -0.39 is 0 Å². The highest BCUT2D eigenvalue weighted by Gasteiger charge is 2.41. The second-order valence-corrected chi connectivity index (χ2v) is 13.5. The fraction of sp³-hybridized carbons (Fsp3) is 0.941. The number of hydrogen-bond donors (Lipinski definition) is 0. The van der Waals surface area contributed by atoms with Crippen molar-refractivity contribution in [1.29, 1.82) is 0 Å². The van der Waals surface area contributed by atoms with Gasteiger partial charge >= 0.3 is 11.9 Å². The molecule has 0 aromatic rings. The third-order valence-corrected chi connectivity index (χ3v) is 11.2. The van der Waals surface area contributed by atoms with E-state index in [1.165, 1.54) is 51.4 Å². The molecule has 222 valence electrons. The molecule has 0 amide bonds. The monoisotopic (exact) mass is 534 g/mol. The molecule has 2 rings (SSSR count). The molecule has 2 fully saturated rings. The molecule has 0 saturated heterocycles. The molecule has 4 nitrogen and oxygen atoms in total. The van der Waals surface area contributed by atoms with Crippen LogP contribution in [0.2, 0.25) is 0 Å². The molecule has 0 aliphatic heterocycles. The number of esters is 2. The van der Waals surface area contributed by atoms with Crippen LogP contribution < -0.4 is 0 Å². The first kappa shape index (κ1) is 33.1. The molecule has 2 aliphatic carbocycles. The number of carbonyl (C=O) groups is 2. The van der Waals surface area contributed by atoms with E-state index in [4.69, 9.17) is 9.47 Å². The average Bonchev–Trinajstić information content (AvgIpc) is 3.66. The molecular formula is C34H62O4. The van der Waals surface area contributed by atoms with Crippen molar-refractivity contribution in [3.8, 4) is 0 Å². The fourth-order valence-corrected chi connectivity index (χ4v) is 7.29. The van der Waals surface area contributed by atoms with Gasteiger partial charge in [-0.1, -0.05) is 106 Å². The standard InChI is InChI=1S/C34H62O4/c1-7-27(3)33(5,29-19-15-16-20-29)25-37-31(35)23-13-11-9-10-12-14-24-32(36)38-26-34(6,28(4)8-2)30-21-17-18-22-30/h27-30H,7-26H2,1-6H3. The second-order valence-electron chi connectivity index (χ2n) is 13.5. The third kappa shape index (κ3) is 9.84. The van der Waals surface area contributed by atoms with Gasteiger partial charge in [-0.2, -0.15) is 0 Å². The van der Waals surface area contributed by atoms with E-state index in [2.05, 4.69) is 41.5 Å². The van der Waals surface area contributed by atoms with Crippen LogP contribution in [0.15, 0.2) is 0 Å². The Morgan fingerprint density at radius 3 is 1.26 bits per heavy atom. The van der Waals surface area contributed by atoms with Gasteiger partial charge in [0.1, 0.15) is 0 Å². The topological polar surface area (TPSA) is 52.6 Å². The normalized spacial score (nSPS) is 21.5. The summed E-state index contributed by atoms with van der Waals surface area (Å²) >= 11 is 0. The Kier molecular flexibility index (Phi) is 14.7. The van der Waals surface area contributed by atoms with Gasteiger partial charge in [0, 0.05) is 23.7 Å². The van der Waals surface area contributed by atoms with Gasteiger partial charge in [0.15, 0.2) is 0 Å². The van der Waals surface area contributed by atoms with Crippen LogP contribution in [0, 0.1) is 34.5 Å². The molecule has 0 heterocycles. The maximum atomic E-state index is 12.4. The molecule has 0 aromatic heterocycles. The highest BCUT2D eigenvalue weighted by atomic mass is 16.5. The zero-order valence-corrected chi connectivity index (χ0v) is 26.1. The Morgan fingerprint density at radius 2 is 0.947 bits per heavy atom. The van der Waals surface area contributed by atoms with Crippen LogP contribution in [-0.4, -0.2) is 25.2 Å². The number of unbranched alkanes of at least 4 members (excludes halogenated alkanes) is 5. The van der Waals surface area contributed by atoms with Gasteiger partial charge in [0.25, 0.3) is 0 Å². The van der Waals surface area contributed by atoms with E-state index in [-0.39, 0.29) is 22.8 Å². The lowest BCUT2D eigenvalue weighted by atomic mass is 9.67. The zero-order chi connectivity index (χ0) is 28.0. The van der Waals surface area contributed by atoms with Crippen LogP contribution in [0.5, 0.6) is 0 Å². The first-order valence-corrected chi connectivity index (χ1v) is 16.5. The van der Waals surface area contributed by atoms with Crippen LogP contribution in [0.1, 0.15) is 157 Å². The minimum atomic E-state index is -0.0257. The van der Waals surface area contributed by atoms with Crippen molar-refractivity contribution in [3.63, 3.8) is 0 Å². The molecule has 2 aliphatic rings. The number of rotatable bonds is 19. The first-order chi connectivity index (χ1) is 18.2. The van der Waals surface area contributed by atoms with Gasteiger partial charge < -0.3 is 9.47 Å². The first-order valence-electron chi connectivity index (χ1n) is 16.5. The Bertz CT molecular complexity index is 620. The maximum Gasteiger partial charge on any atom is 0.305 e. The second kappa shape index (κ2) is 16.9. The molecule has 2 saturated carbocycles. The van der Waals surface area contributed by atoms with Crippen molar-refractivity contribution >= 4 is 11.9 Å². The molecular weight excluding hydrogens is 472 g/mol. The van der Waals surface area contributed by atoms with Gasteiger partial charge in [0.05, 0.1) is 13.2 Å². The molecule has 0 spiro atoms. The summed E-state index contributed by atoms with van der Waals surface area (Å²) in [5, 5.41) is 0. The van der Waals surface area contributed by atoms with Crippen LogP contribution in [0.4, 0.5) is 0 Å². The van der Waals surface area contributed by atoms with Crippen LogP contribution >= 0.6 is 0 Å². The summed E-state index contributed by atoms with van der Waals surface area (Å²) in [4.78, 5) is 24.9. The Balaban J connectivity index is 1.54. The lowest BCUT2D eigenvalue weighted by molar-refractivity contribution is -0.151. The quantitative estimate of drug-likeness (QED) is 0.122. The van der Waals surface area contributed by atoms with Crippen LogP contribution in [0.25, 0.3) is 0 Å². The Morgan fingerprint density at radius 1 is 0.632 bits per heavy atom. The maximum absolute atomic E-state index is 12.4. The molecule has 0 bridgehead atoms.